The van der Waals surface area contributed by atoms with Crippen molar-refractivity contribution in [1.82, 2.24) is 5.32 Å². The number of methoxy groups -OCH3 is 1. The molecule has 0 spiro atoms. The summed E-state index contributed by atoms with van der Waals surface area (Å²) in [5, 5.41) is 5.81. The maximum atomic E-state index is 12.3. The van der Waals surface area contributed by atoms with Gasteiger partial charge in [-0.2, -0.15) is 0 Å². The second kappa shape index (κ2) is 7.38. The number of benzene rings is 2. The Labute approximate surface area is 147 Å². The fraction of sp³-hybridized carbons (Fsp3) is 0.300. The fourth-order valence-corrected chi connectivity index (χ4v) is 2.78. The number of nitrogens with one attached hydrogen (secondary N) is 2. The van der Waals surface area contributed by atoms with Crippen molar-refractivity contribution in [2.24, 2.45) is 11.8 Å². The van der Waals surface area contributed by atoms with Gasteiger partial charge in [0.15, 0.2) is 0 Å². The van der Waals surface area contributed by atoms with Crippen LogP contribution in [0.25, 0.3) is 0 Å². The molecule has 2 amide bonds. The van der Waals surface area contributed by atoms with Crippen molar-refractivity contribution in [2.45, 2.75) is 19.9 Å². The van der Waals surface area contributed by atoms with Crippen LogP contribution in [-0.2, 0) is 16.1 Å². The molecule has 0 aromatic heterocycles. The van der Waals surface area contributed by atoms with Gasteiger partial charge in [-0.05, 0) is 42.7 Å². The Morgan fingerprint density at radius 3 is 2.40 bits per heavy atom. The van der Waals surface area contributed by atoms with Crippen LogP contribution in [0.1, 0.15) is 17.5 Å². The van der Waals surface area contributed by atoms with Gasteiger partial charge in [-0.15, -0.1) is 0 Å². The maximum Gasteiger partial charge on any atom is 0.228 e. The smallest absolute Gasteiger partial charge is 0.228 e. The fourth-order valence-electron chi connectivity index (χ4n) is 2.78. The van der Waals surface area contributed by atoms with Crippen molar-refractivity contribution in [3.8, 4) is 5.75 Å². The van der Waals surface area contributed by atoms with Crippen molar-refractivity contribution in [3.63, 3.8) is 0 Å². The van der Waals surface area contributed by atoms with Gasteiger partial charge in [-0.1, -0.05) is 30.3 Å². The molecule has 2 atom stereocenters. The van der Waals surface area contributed by atoms with Crippen molar-refractivity contribution < 1.29 is 14.3 Å². The summed E-state index contributed by atoms with van der Waals surface area (Å²) in [6.07, 6.45) is 0.603. The van der Waals surface area contributed by atoms with Crippen molar-refractivity contribution >= 4 is 17.5 Å². The third-order valence-electron chi connectivity index (χ3n) is 4.49. The Hall–Kier alpha value is -2.82. The van der Waals surface area contributed by atoms with E-state index in [1.165, 1.54) is 0 Å². The number of amides is 2. The Bertz CT molecular complexity index is 771. The van der Waals surface area contributed by atoms with E-state index in [1.54, 1.807) is 7.11 Å². The zero-order valence-corrected chi connectivity index (χ0v) is 14.4. The van der Waals surface area contributed by atoms with Crippen LogP contribution < -0.4 is 15.4 Å². The molecule has 0 aliphatic heterocycles. The summed E-state index contributed by atoms with van der Waals surface area (Å²) in [7, 11) is 1.62. The summed E-state index contributed by atoms with van der Waals surface area (Å²) >= 11 is 0. The van der Waals surface area contributed by atoms with Crippen LogP contribution in [0, 0.1) is 18.8 Å². The number of aryl methyl sites for hydroxylation is 1. The number of rotatable bonds is 6. The number of hydrogen-bond acceptors (Lipinski definition) is 3. The van der Waals surface area contributed by atoms with E-state index in [0.29, 0.717) is 13.0 Å². The largest absolute Gasteiger partial charge is 0.497 e. The minimum Gasteiger partial charge on any atom is -0.497 e. The minimum absolute atomic E-state index is 0.0687. The number of carbonyl (C=O) groups excluding carboxylic acids is 2. The van der Waals surface area contributed by atoms with Gasteiger partial charge in [0.25, 0.3) is 0 Å². The molecule has 0 saturated heterocycles. The van der Waals surface area contributed by atoms with E-state index in [4.69, 9.17) is 4.74 Å². The number of anilines is 1. The highest BCUT2D eigenvalue weighted by Crippen LogP contribution is 2.39. The molecule has 25 heavy (non-hydrogen) atoms. The molecular weight excluding hydrogens is 316 g/mol. The standard InChI is InChI=1S/C20H22N2O3/c1-13-5-3-4-6-18(13)22-20(24)17-11-16(17)19(23)21-12-14-7-9-15(25-2)10-8-14/h3-10,16-17H,11-12H2,1-2H3,(H,21,23)(H,22,24). The van der Waals surface area contributed by atoms with E-state index in [0.717, 1.165) is 22.6 Å². The monoisotopic (exact) mass is 338 g/mol. The summed E-state index contributed by atoms with van der Waals surface area (Å²) in [5.74, 6) is 0.155. The van der Waals surface area contributed by atoms with Crippen LogP contribution in [-0.4, -0.2) is 18.9 Å². The van der Waals surface area contributed by atoms with Crippen molar-refractivity contribution in [1.29, 1.82) is 0 Å². The summed E-state index contributed by atoms with van der Waals surface area (Å²) in [6.45, 7) is 2.40. The van der Waals surface area contributed by atoms with Crippen LogP contribution in [0.3, 0.4) is 0 Å². The quantitative estimate of drug-likeness (QED) is 0.851. The van der Waals surface area contributed by atoms with Gasteiger partial charge in [0.05, 0.1) is 18.9 Å². The summed E-state index contributed by atoms with van der Waals surface area (Å²) in [6, 6.07) is 15.2. The summed E-state index contributed by atoms with van der Waals surface area (Å²) in [5.41, 5.74) is 2.81. The molecule has 2 aromatic carbocycles. The molecular formula is C20H22N2O3. The van der Waals surface area contributed by atoms with E-state index in [-0.39, 0.29) is 23.7 Å². The van der Waals surface area contributed by atoms with Gasteiger partial charge < -0.3 is 15.4 Å². The first-order valence-electron chi connectivity index (χ1n) is 8.35. The highest BCUT2D eigenvalue weighted by Gasteiger charge is 2.47. The zero-order chi connectivity index (χ0) is 17.8. The molecule has 3 rings (SSSR count). The van der Waals surface area contributed by atoms with E-state index >= 15 is 0 Å². The minimum atomic E-state index is -0.240. The molecule has 1 aliphatic rings. The van der Waals surface area contributed by atoms with Crippen LogP contribution in [0.4, 0.5) is 5.69 Å². The van der Waals surface area contributed by atoms with Crippen LogP contribution >= 0.6 is 0 Å². The van der Waals surface area contributed by atoms with Gasteiger partial charge >= 0.3 is 0 Å². The molecule has 2 unspecified atom stereocenters. The van der Waals surface area contributed by atoms with E-state index in [1.807, 2.05) is 55.5 Å². The van der Waals surface area contributed by atoms with Gasteiger partial charge in [-0.25, -0.2) is 0 Å². The molecule has 0 bridgehead atoms. The lowest BCUT2D eigenvalue weighted by molar-refractivity contribution is -0.125. The average molecular weight is 338 g/mol. The molecule has 5 heteroatoms. The van der Waals surface area contributed by atoms with Crippen LogP contribution in [0.2, 0.25) is 0 Å². The normalized spacial score (nSPS) is 18.3. The summed E-state index contributed by atoms with van der Waals surface area (Å²) in [4.78, 5) is 24.5. The van der Waals surface area contributed by atoms with Crippen molar-refractivity contribution in [3.05, 3.63) is 59.7 Å². The predicted octanol–water partition coefficient (Wildman–Crippen LogP) is 2.89. The first-order chi connectivity index (χ1) is 12.1. The predicted molar refractivity (Wildman–Crippen MR) is 96.2 cm³/mol. The topological polar surface area (TPSA) is 67.4 Å². The molecule has 2 N–H and O–H groups in total. The maximum absolute atomic E-state index is 12.3. The highest BCUT2D eigenvalue weighted by molar-refractivity contribution is 5.99. The first kappa shape index (κ1) is 17.0. The summed E-state index contributed by atoms with van der Waals surface area (Å²) < 4.78 is 5.11. The third kappa shape index (κ3) is 4.18. The highest BCUT2D eigenvalue weighted by atomic mass is 16.5. The van der Waals surface area contributed by atoms with Crippen molar-refractivity contribution in [2.75, 3.05) is 12.4 Å². The lowest BCUT2D eigenvalue weighted by Crippen LogP contribution is -2.27. The second-order valence-electron chi connectivity index (χ2n) is 6.32. The number of hydrogen-bond donors (Lipinski definition) is 2. The second-order valence-corrected chi connectivity index (χ2v) is 6.32. The Morgan fingerprint density at radius 2 is 1.72 bits per heavy atom. The molecule has 130 valence electrons. The van der Waals surface area contributed by atoms with Crippen LogP contribution in [0.5, 0.6) is 5.75 Å². The molecule has 5 nitrogen and oxygen atoms in total. The molecule has 1 saturated carbocycles. The number of ether oxygens (including phenoxy) is 1. The van der Waals surface area contributed by atoms with Crippen LogP contribution in [0.15, 0.2) is 48.5 Å². The van der Waals surface area contributed by atoms with E-state index in [9.17, 15) is 9.59 Å². The Balaban J connectivity index is 1.48. The average Bonchev–Trinajstić information content (AvgIpc) is 3.43. The molecule has 0 heterocycles. The first-order valence-corrected chi connectivity index (χ1v) is 8.35. The SMILES string of the molecule is COc1ccc(CNC(=O)C2CC2C(=O)Nc2ccccc2C)cc1. The van der Waals surface area contributed by atoms with E-state index < -0.39 is 0 Å². The van der Waals surface area contributed by atoms with Gasteiger partial charge in [0.1, 0.15) is 5.75 Å². The third-order valence-corrected chi connectivity index (χ3v) is 4.49. The zero-order valence-electron chi connectivity index (χ0n) is 14.4. The molecule has 1 fully saturated rings. The molecule has 1 aliphatic carbocycles. The van der Waals surface area contributed by atoms with Gasteiger partial charge in [-0.3, -0.25) is 9.59 Å². The lowest BCUT2D eigenvalue weighted by atomic mass is 10.2. The molecule has 0 radical (unpaired) electrons. The Kier molecular flexibility index (Phi) is 5.03. The molecule has 2 aromatic rings. The van der Waals surface area contributed by atoms with Gasteiger partial charge in [0, 0.05) is 12.2 Å². The Morgan fingerprint density at radius 1 is 1.04 bits per heavy atom. The van der Waals surface area contributed by atoms with E-state index in [2.05, 4.69) is 10.6 Å². The number of para-hydroxylation sites is 1. The lowest BCUT2D eigenvalue weighted by Gasteiger charge is -2.08. The van der Waals surface area contributed by atoms with Gasteiger partial charge in [0.2, 0.25) is 11.8 Å². The number of carbonyl (C=O) groups is 2.